The van der Waals surface area contributed by atoms with Crippen LogP contribution in [0.3, 0.4) is 0 Å². The van der Waals surface area contributed by atoms with Gasteiger partial charge in [0.1, 0.15) is 0 Å². The van der Waals surface area contributed by atoms with E-state index in [9.17, 15) is 0 Å². The van der Waals surface area contributed by atoms with Crippen LogP contribution in [-0.2, 0) is 0 Å². The molecule has 1 aliphatic rings. The first-order valence-corrected chi connectivity index (χ1v) is 7.22. The van der Waals surface area contributed by atoms with Crippen molar-refractivity contribution in [2.75, 3.05) is 32.7 Å². The van der Waals surface area contributed by atoms with Crippen molar-refractivity contribution in [3.05, 3.63) is 0 Å². The average molecular weight is 226 g/mol. The van der Waals surface area contributed by atoms with Gasteiger partial charge in [0.15, 0.2) is 0 Å². The molecule has 0 aromatic carbocycles. The molecule has 1 saturated heterocycles. The predicted molar refractivity (Wildman–Crippen MR) is 71.8 cm³/mol. The Bertz CT molecular complexity index is 151. The van der Waals surface area contributed by atoms with Crippen molar-refractivity contribution >= 4 is 0 Å². The molecule has 0 aromatic rings. The number of hydrogen-bond donors (Lipinski definition) is 1. The Morgan fingerprint density at radius 3 is 2.38 bits per heavy atom. The van der Waals surface area contributed by atoms with Gasteiger partial charge in [0.05, 0.1) is 0 Å². The minimum atomic E-state index is 0.871. The molecule has 1 fully saturated rings. The van der Waals surface area contributed by atoms with Gasteiger partial charge in [-0.25, -0.2) is 0 Å². The number of hydrogen-bond acceptors (Lipinski definition) is 2. The van der Waals surface area contributed by atoms with E-state index < -0.39 is 0 Å². The van der Waals surface area contributed by atoms with Gasteiger partial charge in [-0.3, -0.25) is 0 Å². The molecule has 1 N–H and O–H groups in total. The highest BCUT2D eigenvalue weighted by Gasteiger charge is 2.09. The van der Waals surface area contributed by atoms with Crippen LogP contribution in [0.2, 0.25) is 0 Å². The summed E-state index contributed by atoms with van der Waals surface area (Å²) in [5, 5.41) is 3.56. The van der Waals surface area contributed by atoms with Gasteiger partial charge >= 0.3 is 0 Å². The fourth-order valence-corrected chi connectivity index (χ4v) is 2.36. The van der Waals surface area contributed by atoms with Crippen molar-refractivity contribution in [2.45, 2.75) is 52.4 Å². The number of unbranched alkanes of at least 4 members (excludes halogenated alkanes) is 1. The van der Waals surface area contributed by atoms with E-state index in [-0.39, 0.29) is 0 Å². The first-order chi connectivity index (χ1) is 7.79. The fraction of sp³-hybridized carbons (Fsp3) is 1.00. The van der Waals surface area contributed by atoms with Crippen molar-refractivity contribution in [3.8, 4) is 0 Å². The quantitative estimate of drug-likeness (QED) is 0.608. The Hall–Kier alpha value is -0.0800. The van der Waals surface area contributed by atoms with Crippen LogP contribution in [0.5, 0.6) is 0 Å². The van der Waals surface area contributed by atoms with Gasteiger partial charge in [0, 0.05) is 0 Å². The molecule has 1 heterocycles. The van der Waals surface area contributed by atoms with Crippen LogP contribution < -0.4 is 5.32 Å². The maximum atomic E-state index is 3.56. The fourth-order valence-electron chi connectivity index (χ4n) is 2.36. The molecule has 0 saturated carbocycles. The molecule has 2 heteroatoms. The van der Waals surface area contributed by atoms with E-state index in [1.54, 1.807) is 0 Å². The number of nitrogens with one attached hydrogen (secondary N) is 1. The van der Waals surface area contributed by atoms with Gasteiger partial charge < -0.3 is 10.2 Å². The maximum Gasteiger partial charge on any atom is -0.000664 e. The minimum Gasteiger partial charge on any atom is -0.317 e. The minimum absolute atomic E-state index is 0.871. The maximum absolute atomic E-state index is 3.56. The molecule has 0 bridgehead atoms. The topological polar surface area (TPSA) is 15.3 Å². The van der Waals surface area contributed by atoms with Crippen molar-refractivity contribution in [1.29, 1.82) is 0 Å². The second kappa shape index (κ2) is 9.00. The second-order valence-corrected chi connectivity index (χ2v) is 5.54. The van der Waals surface area contributed by atoms with Crippen LogP contribution in [0.15, 0.2) is 0 Å². The van der Waals surface area contributed by atoms with E-state index in [0.29, 0.717) is 0 Å². The number of nitrogens with zero attached hydrogens (tertiary/aromatic N) is 1. The molecule has 0 unspecified atom stereocenters. The van der Waals surface area contributed by atoms with Crippen LogP contribution in [0.1, 0.15) is 52.4 Å². The lowest BCUT2D eigenvalue weighted by molar-refractivity contribution is 0.331. The molecule has 2 nitrogen and oxygen atoms in total. The normalized spacial score (nSPS) is 17.4. The van der Waals surface area contributed by atoms with Gasteiger partial charge in [0.25, 0.3) is 0 Å². The summed E-state index contributed by atoms with van der Waals surface area (Å²) in [6, 6.07) is 0. The van der Waals surface area contributed by atoms with Gasteiger partial charge in [0.2, 0.25) is 0 Å². The van der Waals surface area contributed by atoms with E-state index >= 15 is 0 Å². The molecule has 96 valence electrons. The van der Waals surface area contributed by atoms with E-state index in [2.05, 4.69) is 24.1 Å². The Morgan fingerprint density at radius 2 is 1.69 bits per heavy atom. The lowest BCUT2D eigenvalue weighted by atomic mass is 10.1. The summed E-state index contributed by atoms with van der Waals surface area (Å²) in [5.41, 5.74) is 0. The third kappa shape index (κ3) is 7.24. The molecule has 0 atom stereocenters. The molecular formula is C14H30N2. The Labute approximate surface area is 102 Å². The van der Waals surface area contributed by atoms with Crippen molar-refractivity contribution in [2.24, 2.45) is 5.92 Å². The van der Waals surface area contributed by atoms with E-state index in [0.717, 1.165) is 5.92 Å². The SMILES string of the molecule is CC(C)CCCCNCCCN1CCCC1. The second-order valence-electron chi connectivity index (χ2n) is 5.54. The molecule has 0 aliphatic carbocycles. The Morgan fingerprint density at radius 1 is 1.00 bits per heavy atom. The van der Waals surface area contributed by atoms with Crippen LogP contribution in [0.25, 0.3) is 0 Å². The summed E-state index contributed by atoms with van der Waals surface area (Å²) in [6.45, 7) is 11.0. The third-order valence-corrected chi connectivity index (χ3v) is 3.41. The average Bonchev–Trinajstić information content (AvgIpc) is 2.74. The zero-order chi connectivity index (χ0) is 11.6. The van der Waals surface area contributed by atoms with Gasteiger partial charge in [-0.05, 0) is 64.3 Å². The molecule has 1 aliphatic heterocycles. The highest BCUT2D eigenvalue weighted by atomic mass is 15.1. The van der Waals surface area contributed by atoms with E-state index in [1.165, 1.54) is 71.2 Å². The monoisotopic (exact) mass is 226 g/mol. The zero-order valence-electron chi connectivity index (χ0n) is 11.3. The summed E-state index contributed by atoms with van der Waals surface area (Å²) in [4.78, 5) is 2.60. The van der Waals surface area contributed by atoms with Crippen LogP contribution in [0.4, 0.5) is 0 Å². The first kappa shape index (κ1) is 14.0. The lowest BCUT2D eigenvalue weighted by Crippen LogP contribution is -2.25. The van der Waals surface area contributed by atoms with Gasteiger partial charge in [-0.15, -0.1) is 0 Å². The molecule has 0 spiro atoms. The van der Waals surface area contributed by atoms with Crippen LogP contribution in [0, 0.1) is 5.92 Å². The zero-order valence-corrected chi connectivity index (χ0v) is 11.3. The smallest absolute Gasteiger partial charge is 0.000664 e. The summed E-state index contributed by atoms with van der Waals surface area (Å²) >= 11 is 0. The summed E-state index contributed by atoms with van der Waals surface area (Å²) in [6.07, 6.45) is 8.28. The predicted octanol–water partition coefficient (Wildman–Crippen LogP) is 2.89. The van der Waals surface area contributed by atoms with E-state index in [1.807, 2.05) is 0 Å². The van der Waals surface area contributed by atoms with Crippen LogP contribution >= 0.6 is 0 Å². The first-order valence-electron chi connectivity index (χ1n) is 7.22. The molecule has 0 aromatic heterocycles. The summed E-state index contributed by atoms with van der Waals surface area (Å²) < 4.78 is 0. The Balaban J connectivity index is 1.74. The number of likely N-dealkylation sites (tertiary alicyclic amines) is 1. The third-order valence-electron chi connectivity index (χ3n) is 3.41. The van der Waals surface area contributed by atoms with E-state index in [4.69, 9.17) is 0 Å². The highest BCUT2D eigenvalue weighted by molar-refractivity contribution is 4.66. The summed E-state index contributed by atoms with van der Waals surface area (Å²) in [5.74, 6) is 0.871. The van der Waals surface area contributed by atoms with Crippen molar-refractivity contribution in [3.63, 3.8) is 0 Å². The van der Waals surface area contributed by atoms with Gasteiger partial charge in [-0.2, -0.15) is 0 Å². The lowest BCUT2D eigenvalue weighted by Gasteiger charge is -2.14. The molecule has 0 amide bonds. The Kier molecular flexibility index (Phi) is 7.87. The number of rotatable bonds is 9. The highest BCUT2D eigenvalue weighted by Crippen LogP contribution is 2.07. The molecular weight excluding hydrogens is 196 g/mol. The van der Waals surface area contributed by atoms with Crippen molar-refractivity contribution < 1.29 is 0 Å². The van der Waals surface area contributed by atoms with Gasteiger partial charge in [-0.1, -0.05) is 26.7 Å². The standard InChI is InChI=1S/C14H30N2/c1-14(2)8-3-4-9-15-10-7-13-16-11-5-6-12-16/h14-15H,3-13H2,1-2H3. The largest absolute Gasteiger partial charge is 0.317 e. The van der Waals surface area contributed by atoms with Crippen molar-refractivity contribution in [1.82, 2.24) is 10.2 Å². The molecule has 0 radical (unpaired) electrons. The van der Waals surface area contributed by atoms with Crippen LogP contribution in [-0.4, -0.2) is 37.6 Å². The molecule has 16 heavy (non-hydrogen) atoms. The molecule has 1 rings (SSSR count). The summed E-state index contributed by atoms with van der Waals surface area (Å²) in [7, 11) is 0.